The predicted octanol–water partition coefficient (Wildman–Crippen LogP) is 4.06. The van der Waals surface area contributed by atoms with Crippen LogP contribution in [0.1, 0.15) is 20.7 Å². The van der Waals surface area contributed by atoms with Gasteiger partial charge in [0.05, 0.1) is 10.6 Å². The van der Waals surface area contributed by atoms with Gasteiger partial charge in [-0.3, -0.25) is 9.59 Å². The molecule has 0 heterocycles. The van der Waals surface area contributed by atoms with Gasteiger partial charge in [0.2, 0.25) is 0 Å². The van der Waals surface area contributed by atoms with Gasteiger partial charge < -0.3 is 5.32 Å². The van der Waals surface area contributed by atoms with Crippen LogP contribution in [-0.2, 0) is 0 Å². The number of halogens is 2. The summed E-state index contributed by atoms with van der Waals surface area (Å²) in [4.78, 5) is 22.7. The number of carbonyl (C=O) groups is 2. The Bertz CT molecular complexity index is 641. The van der Waals surface area contributed by atoms with Gasteiger partial charge in [-0.25, -0.2) is 0 Å². The second kappa shape index (κ2) is 5.87. The Morgan fingerprint density at radius 3 is 2.63 bits per heavy atom. The quantitative estimate of drug-likeness (QED) is 0.868. The lowest BCUT2D eigenvalue weighted by atomic mass is 10.2. The number of carbonyl (C=O) groups excluding carboxylic acids is 2. The number of benzene rings is 2. The Labute approximate surface area is 120 Å². The molecule has 0 saturated carbocycles. The van der Waals surface area contributed by atoms with Crippen molar-refractivity contribution in [1.82, 2.24) is 0 Å². The third kappa shape index (κ3) is 3.34. The molecule has 0 aliphatic heterocycles. The van der Waals surface area contributed by atoms with Crippen molar-refractivity contribution < 1.29 is 9.59 Å². The zero-order valence-electron chi connectivity index (χ0n) is 9.69. The summed E-state index contributed by atoms with van der Waals surface area (Å²) in [5.41, 5.74) is 1.28. The van der Waals surface area contributed by atoms with Crippen LogP contribution in [-0.4, -0.2) is 12.2 Å². The third-order valence-corrected chi connectivity index (χ3v) is 3.02. The molecule has 0 aliphatic carbocycles. The molecule has 0 saturated heterocycles. The van der Waals surface area contributed by atoms with Crippen LogP contribution in [0, 0.1) is 0 Å². The van der Waals surface area contributed by atoms with Crippen molar-refractivity contribution in [2.75, 3.05) is 5.32 Å². The van der Waals surface area contributed by atoms with Gasteiger partial charge in [-0.2, -0.15) is 0 Å². The first-order chi connectivity index (χ1) is 9.10. The van der Waals surface area contributed by atoms with E-state index >= 15 is 0 Å². The van der Waals surface area contributed by atoms with E-state index in [0.717, 1.165) is 0 Å². The van der Waals surface area contributed by atoms with E-state index in [2.05, 4.69) is 5.32 Å². The van der Waals surface area contributed by atoms with E-state index in [9.17, 15) is 9.59 Å². The molecule has 0 fully saturated rings. The lowest BCUT2D eigenvalue weighted by molar-refractivity contribution is 0.102. The van der Waals surface area contributed by atoms with Gasteiger partial charge >= 0.3 is 0 Å². The van der Waals surface area contributed by atoms with Gasteiger partial charge in [0.15, 0.2) is 0 Å². The Morgan fingerprint density at radius 1 is 1.11 bits per heavy atom. The third-order valence-electron chi connectivity index (χ3n) is 2.45. The van der Waals surface area contributed by atoms with Gasteiger partial charge in [-0.05, 0) is 30.3 Å². The van der Waals surface area contributed by atoms with Gasteiger partial charge in [-0.15, -0.1) is 0 Å². The zero-order chi connectivity index (χ0) is 13.8. The molecule has 2 rings (SSSR count). The number of rotatable bonds is 3. The Hall–Kier alpha value is -1.84. The van der Waals surface area contributed by atoms with Gasteiger partial charge in [-0.1, -0.05) is 35.3 Å². The van der Waals surface area contributed by atoms with Crippen molar-refractivity contribution in [3.8, 4) is 0 Å². The number of nitrogens with one attached hydrogen (secondary N) is 1. The molecule has 0 aromatic heterocycles. The Morgan fingerprint density at radius 2 is 1.89 bits per heavy atom. The molecule has 0 unspecified atom stereocenters. The minimum Gasteiger partial charge on any atom is -0.322 e. The summed E-state index contributed by atoms with van der Waals surface area (Å²) in [6.07, 6.45) is 0.710. The molecule has 0 radical (unpaired) electrons. The van der Waals surface area contributed by atoms with Crippen LogP contribution in [0.25, 0.3) is 0 Å². The molecular weight excluding hydrogens is 285 g/mol. The van der Waals surface area contributed by atoms with Crippen molar-refractivity contribution in [1.29, 1.82) is 0 Å². The minimum atomic E-state index is -0.379. The van der Waals surface area contributed by atoms with E-state index in [0.29, 0.717) is 27.6 Å². The first-order valence-electron chi connectivity index (χ1n) is 5.42. The molecule has 2 aromatic carbocycles. The van der Waals surface area contributed by atoms with E-state index in [1.54, 1.807) is 36.4 Å². The molecule has 1 N–H and O–H groups in total. The molecule has 96 valence electrons. The summed E-state index contributed by atoms with van der Waals surface area (Å²) in [6, 6.07) is 11.2. The fraction of sp³-hybridized carbons (Fsp3) is 0. The van der Waals surface area contributed by atoms with Crippen molar-refractivity contribution in [2.45, 2.75) is 0 Å². The lowest BCUT2D eigenvalue weighted by Crippen LogP contribution is -2.12. The standard InChI is InChI=1S/C14H9Cl2NO2/c15-10-4-5-13(16)12(7-10)14(19)17-11-3-1-2-9(6-11)8-18/h1-8H,(H,17,19). The largest absolute Gasteiger partial charge is 0.322 e. The maximum atomic E-state index is 12.0. The highest BCUT2D eigenvalue weighted by atomic mass is 35.5. The Balaban J connectivity index is 2.25. The predicted molar refractivity (Wildman–Crippen MR) is 76.2 cm³/mol. The fourth-order valence-corrected chi connectivity index (χ4v) is 1.94. The van der Waals surface area contributed by atoms with E-state index < -0.39 is 0 Å². The SMILES string of the molecule is O=Cc1cccc(NC(=O)c2cc(Cl)ccc2Cl)c1. The van der Waals surface area contributed by atoms with Gasteiger partial charge in [0.25, 0.3) is 5.91 Å². The average molecular weight is 294 g/mol. The summed E-state index contributed by atoms with van der Waals surface area (Å²) in [7, 11) is 0. The summed E-state index contributed by atoms with van der Waals surface area (Å²) < 4.78 is 0. The summed E-state index contributed by atoms with van der Waals surface area (Å²) in [5, 5.41) is 3.40. The number of hydrogen-bond donors (Lipinski definition) is 1. The van der Waals surface area contributed by atoms with Gasteiger partial charge in [0.1, 0.15) is 6.29 Å². The molecular formula is C14H9Cl2NO2. The molecule has 2 aromatic rings. The number of anilines is 1. The van der Waals surface area contributed by atoms with Gasteiger partial charge in [0, 0.05) is 16.3 Å². The molecule has 0 spiro atoms. The molecule has 1 amide bonds. The zero-order valence-corrected chi connectivity index (χ0v) is 11.2. The summed E-state index contributed by atoms with van der Waals surface area (Å²) >= 11 is 11.8. The van der Waals surface area contributed by atoms with Crippen LogP contribution in [0.4, 0.5) is 5.69 Å². The van der Waals surface area contributed by atoms with E-state index in [1.165, 1.54) is 6.07 Å². The van der Waals surface area contributed by atoms with E-state index in [-0.39, 0.29) is 11.5 Å². The first kappa shape index (κ1) is 13.6. The second-order valence-corrected chi connectivity index (χ2v) is 4.67. The lowest BCUT2D eigenvalue weighted by Gasteiger charge is -2.07. The molecule has 0 bridgehead atoms. The highest BCUT2D eigenvalue weighted by molar-refractivity contribution is 6.36. The summed E-state index contributed by atoms with van der Waals surface area (Å²) in [5.74, 6) is -0.379. The smallest absolute Gasteiger partial charge is 0.257 e. The summed E-state index contributed by atoms with van der Waals surface area (Å²) in [6.45, 7) is 0. The monoisotopic (exact) mass is 293 g/mol. The molecule has 0 aliphatic rings. The maximum absolute atomic E-state index is 12.0. The topological polar surface area (TPSA) is 46.2 Å². The van der Waals surface area contributed by atoms with E-state index in [4.69, 9.17) is 23.2 Å². The average Bonchev–Trinajstić information content (AvgIpc) is 2.41. The molecule has 0 atom stereocenters. The van der Waals surface area contributed by atoms with Crippen LogP contribution in [0.5, 0.6) is 0 Å². The Kier molecular flexibility index (Phi) is 4.20. The van der Waals surface area contributed by atoms with E-state index in [1.807, 2.05) is 0 Å². The maximum Gasteiger partial charge on any atom is 0.257 e. The van der Waals surface area contributed by atoms with Crippen LogP contribution < -0.4 is 5.32 Å². The van der Waals surface area contributed by atoms with Crippen molar-refractivity contribution >= 4 is 41.1 Å². The van der Waals surface area contributed by atoms with Crippen molar-refractivity contribution in [3.63, 3.8) is 0 Å². The fourth-order valence-electron chi connectivity index (χ4n) is 1.56. The first-order valence-corrected chi connectivity index (χ1v) is 6.17. The number of aldehydes is 1. The van der Waals surface area contributed by atoms with Crippen molar-refractivity contribution in [3.05, 3.63) is 63.6 Å². The second-order valence-electron chi connectivity index (χ2n) is 3.82. The molecule has 3 nitrogen and oxygen atoms in total. The van der Waals surface area contributed by atoms with Crippen LogP contribution in [0.15, 0.2) is 42.5 Å². The van der Waals surface area contributed by atoms with Crippen molar-refractivity contribution in [2.24, 2.45) is 0 Å². The molecule has 19 heavy (non-hydrogen) atoms. The molecule has 5 heteroatoms. The van der Waals surface area contributed by atoms with Crippen LogP contribution in [0.3, 0.4) is 0 Å². The minimum absolute atomic E-state index is 0.283. The number of amides is 1. The number of hydrogen-bond acceptors (Lipinski definition) is 2. The highest BCUT2D eigenvalue weighted by Crippen LogP contribution is 2.22. The van der Waals surface area contributed by atoms with Crippen LogP contribution >= 0.6 is 23.2 Å². The highest BCUT2D eigenvalue weighted by Gasteiger charge is 2.11. The van der Waals surface area contributed by atoms with Crippen LogP contribution in [0.2, 0.25) is 10.0 Å². The normalized spacial score (nSPS) is 10.0.